The van der Waals surface area contributed by atoms with E-state index in [0.717, 1.165) is 11.5 Å². The van der Waals surface area contributed by atoms with Crippen molar-refractivity contribution in [3.05, 3.63) is 103 Å². The molecule has 3 atom stereocenters. The predicted octanol–water partition coefficient (Wildman–Crippen LogP) is 5.60. The number of allylic oxidation sites excluding steroid dienone is 2. The van der Waals surface area contributed by atoms with Crippen LogP contribution in [0.5, 0.6) is 5.75 Å². The van der Waals surface area contributed by atoms with Gasteiger partial charge in [-0.25, -0.2) is 0 Å². The van der Waals surface area contributed by atoms with Crippen LogP contribution in [0.3, 0.4) is 0 Å². The van der Waals surface area contributed by atoms with Crippen LogP contribution in [0.15, 0.2) is 103 Å². The van der Waals surface area contributed by atoms with Crippen molar-refractivity contribution in [2.45, 2.75) is 19.0 Å². The molecule has 4 heteroatoms. The monoisotopic (exact) mass is 407 g/mol. The molecule has 1 saturated heterocycles. The van der Waals surface area contributed by atoms with Crippen molar-refractivity contribution in [1.29, 1.82) is 0 Å². The van der Waals surface area contributed by atoms with Crippen LogP contribution in [0.2, 0.25) is 0 Å². The Morgan fingerprint density at radius 1 is 0.867 bits per heavy atom. The first-order valence-electron chi connectivity index (χ1n) is 10.5. The summed E-state index contributed by atoms with van der Waals surface area (Å²) in [5.41, 5.74) is 2.46. The summed E-state index contributed by atoms with van der Waals surface area (Å²) in [4.78, 5) is 0. The van der Waals surface area contributed by atoms with Crippen molar-refractivity contribution in [1.82, 2.24) is 3.88 Å². The molecule has 2 aliphatic heterocycles. The van der Waals surface area contributed by atoms with Crippen molar-refractivity contribution in [2.24, 2.45) is 5.92 Å². The summed E-state index contributed by atoms with van der Waals surface area (Å²) in [6, 6.07) is 24.1. The second-order valence-corrected chi connectivity index (χ2v) is 9.86. The van der Waals surface area contributed by atoms with E-state index in [4.69, 9.17) is 7.58 Å². The van der Waals surface area contributed by atoms with E-state index in [0.29, 0.717) is 18.0 Å². The molecule has 3 aromatic carbocycles. The Morgan fingerprint density at radius 2 is 1.70 bits per heavy atom. The Bertz CT molecular complexity index is 1200. The Labute approximate surface area is 181 Å². The van der Waals surface area contributed by atoms with E-state index in [1.54, 1.807) is 0 Å². The summed E-state index contributed by atoms with van der Waals surface area (Å²) in [5.74, 6) is 2.33. The van der Waals surface area contributed by atoms with Crippen molar-refractivity contribution in [3.63, 3.8) is 0 Å². The lowest BCUT2D eigenvalue weighted by Crippen LogP contribution is -2.52. The first-order chi connectivity index (χ1) is 14.8. The SMILES string of the molecule is CC1C=CC2C=CC=C3[O][Al]([O]c4ccc5cc(-c6ccccc6)ccc5c4)[N]1C32. The molecule has 0 saturated carbocycles. The Morgan fingerprint density at radius 3 is 2.60 bits per heavy atom. The maximum atomic E-state index is 6.49. The first kappa shape index (κ1) is 18.0. The zero-order valence-electron chi connectivity index (χ0n) is 16.8. The summed E-state index contributed by atoms with van der Waals surface area (Å²) in [5, 5.41) is 2.40. The van der Waals surface area contributed by atoms with Crippen LogP contribution in [-0.2, 0) is 3.79 Å². The van der Waals surface area contributed by atoms with E-state index >= 15 is 0 Å². The van der Waals surface area contributed by atoms with Crippen LogP contribution in [0.25, 0.3) is 21.9 Å². The summed E-state index contributed by atoms with van der Waals surface area (Å²) >= 11 is -2.04. The van der Waals surface area contributed by atoms with Gasteiger partial charge < -0.3 is 7.58 Å². The van der Waals surface area contributed by atoms with Gasteiger partial charge in [0.2, 0.25) is 0 Å². The van der Waals surface area contributed by atoms with E-state index in [1.807, 2.05) is 6.07 Å². The van der Waals surface area contributed by atoms with Crippen LogP contribution in [-0.4, -0.2) is 31.0 Å². The van der Waals surface area contributed by atoms with Crippen LogP contribution < -0.4 is 3.79 Å². The summed E-state index contributed by atoms with van der Waals surface area (Å²) in [7, 11) is 0. The average molecular weight is 407 g/mol. The highest BCUT2D eigenvalue weighted by Crippen LogP contribution is 2.39. The molecule has 1 aliphatic carbocycles. The third-order valence-corrected chi connectivity index (χ3v) is 8.52. The van der Waals surface area contributed by atoms with Gasteiger partial charge in [0.15, 0.2) is 0 Å². The van der Waals surface area contributed by atoms with Gasteiger partial charge in [-0.1, -0.05) is 72.8 Å². The van der Waals surface area contributed by atoms with E-state index in [9.17, 15) is 0 Å². The molecule has 0 radical (unpaired) electrons. The smallest absolute Gasteiger partial charge is 0.600 e. The van der Waals surface area contributed by atoms with Gasteiger partial charge in [-0.2, -0.15) is 0 Å². The molecular weight excluding hydrogens is 385 g/mol. The third-order valence-electron chi connectivity index (χ3n) is 6.29. The highest BCUT2D eigenvalue weighted by molar-refractivity contribution is 6.44. The molecule has 146 valence electrons. The third kappa shape index (κ3) is 3.00. The van der Waals surface area contributed by atoms with E-state index in [1.165, 1.54) is 21.9 Å². The summed E-state index contributed by atoms with van der Waals surface area (Å²) in [6.45, 7) is 2.23. The van der Waals surface area contributed by atoms with Crippen LogP contribution in [0, 0.1) is 5.92 Å². The van der Waals surface area contributed by atoms with Crippen LogP contribution in [0.4, 0.5) is 0 Å². The van der Waals surface area contributed by atoms with Crippen LogP contribution in [0.1, 0.15) is 6.92 Å². The highest BCUT2D eigenvalue weighted by Gasteiger charge is 2.58. The van der Waals surface area contributed by atoms with E-state index < -0.39 is 15.0 Å². The minimum absolute atomic E-state index is 0.292. The van der Waals surface area contributed by atoms with Gasteiger partial charge in [0.05, 0.1) is 17.6 Å². The van der Waals surface area contributed by atoms with Gasteiger partial charge in [-0.3, -0.25) is 3.88 Å². The fourth-order valence-corrected chi connectivity index (χ4v) is 6.96. The molecule has 3 aliphatic rings. The summed E-state index contributed by atoms with van der Waals surface area (Å²) < 4.78 is 15.3. The second-order valence-electron chi connectivity index (χ2n) is 8.18. The van der Waals surface area contributed by atoms with Gasteiger partial charge in [0.25, 0.3) is 0 Å². The lowest BCUT2D eigenvalue weighted by molar-refractivity contribution is 0.266. The van der Waals surface area contributed by atoms with Gasteiger partial charge >= 0.3 is 15.0 Å². The average Bonchev–Trinajstić information content (AvgIpc) is 3.16. The number of fused-ring (bicyclic) bond motifs is 1. The minimum atomic E-state index is -2.04. The normalized spacial score (nSPS) is 24.5. The Kier molecular flexibility index (Phi) is 4.32. The zero-order chi connectivity index (χ0) is 20.1. The molecule has 0 spiro atoms. The van der Waals surface area contributed by atoms with Crippen molar-refractivity contribution >= 4 is 25.8 Å². The molecule has 3 aromatic rings. The fraction of sp³-hybridized carbons (Fsp3) is 0.154. The van der Waals surface area contributed by atoms with Crippen molar-refractivity contribution in [3.8, 4) is 16.9 Å². The molecule has 1 fully saturated rings. The molecule has 0 N–H and O–H groups in total. The largest absolute Gasteiger partial charge is 0.992 e. The number of hydrogen-bond donors (Lipinski definition) is 0. The van der Waals surface area contributed by atoms with Crippen molar-refractivity contribution < 1.29 is 7.58 Å². The first-order valence-corrected chi connectivity index (χ1v) is 12.0. The maximum Gasteiger partial charge on any atom is 0.992 e. The molecular formula is C26H22AlNO2. The standard InChI is InChI=1S/C16H12O.C10H12NO.Al/c17-16-9-8-14-10-13(6-7-15(14)11-16)12-4-2-1-3-5-12;1-7-5-6-8-3-2-4-9(12)10(8)11-7;/h1-11,17H;2-8,10,12H,1H3;/q;-1;+3/p-2. The lowest BCUT2D eigenvalue weighted by atomic mass is 9.89. The molecule has 0 amide bonds. The zero-order valence-corrected chi connectivity index (χ0v) is 18.0. The molecule has 0 aromatic heterocycles. The van der Waals surface area contributed by atoms with Gasteiger partial charge in [0, 0.05) is 12.0 Å². The minimum Gasteiger partial charge on any atom is -0.600 e. The molecule has 0 bridgehead atoms. The summed E-state index contributed by atoms with van der Waals surface area (Å²) in [6.07, 6.45) is 11.0. The Balaban J connectivity index is 1.29. The molecule has 30 heavy (non-hydrogen) atoms. The number of benzene rings is 3. The maximum absolute atomic E-state index is 6.49. The molecule has 2 heterocycles. The Hall–Kier alpha value is -2.77. The molecule has 3 unspecified atom stereocenters. The van der Waals surface area contributed by atoms with Gasteiger partial charge in [0.1, 0.15) is 0 Å². The number of nitrogens with zero attached hydrogens (tertiary/aromatic N) is 1. The van der Waals surface area contributed by atoms with E-state index in [-0.39, 0.29) is 0 Å². The molecule has 3 nitrogen and oxygen atoms in total. The van der Waals surface area contributed by atoms with Gasteiger partial charge in [-0.05, 0) is 53.1 Å². The topological polar surface area (TPSA) is 21.7 Å². The number of rotatable bonds is 3. The number of hydrogen-bond acceptors (Lipinski definition) is 3. The quantitative estimate of drug-likeness (QED) is 0.417. The highest BCUT2D eigenvalue weighted by atomic mass is 27.2. The van der Waals surface area contributed by atoms with Gasteiger partial charge in [-0.15, -0.1) is 0 Å². The molecule has 6 rings (SSSR count). The lowest BCUT2D eigenvalue weighted by Gasteiger charge is -2.36. The van der Waals surface area contributed by atoms with Crippen LogP contribution >= 0.6 is 0 Å². The fourth-order valence-electron chi connectivity index (χ4n) is 4.75. The predicted molar refractivity (Wildman–Crippen MR) is 122 cm³/mol. The van der Waals surface area contributed by atoms with E-state index in [2.05, 4.69) is 102 Å². The second kappa shape index (κ2) is 7.18. The van der Waals surface area contributed by atoms with Crippen molar-refractivity contribution in [2.75, 3.05) is 0 Å².